The van der Waals surface area contributed by atoms with E-state index in [1.54, 1.807) is 10.7 Å². The summed E-state index contributed by atoms with van der Waals surface area (Å²) in [6.45, 7) is 15.9. The SMILES string of the molecule is Cc1cn2nccc(-c3ccc(OC[C@](C)(CC(C)C)NC(=O)OC(C)(C)C)c(C)n3)c2n1. The molecule has 0 aliphatic rings. The van der Waals surface area contributed by atoms with E-state index >= 15 is 0 Å². The summed E-state index contributed by atoms with van der Waals surface area (Å²) < 4.78 is 13.4. The molecule has 1 amide bonds. The highest BCUT2D eigenvalue weighted by molar-refractivity contribution is 5.75. The van der Waals surface area contributed by atoms with Gasteiger partial charge < -0.3 is 14.8 Å². The maximum absolute atomic E-state index is 12.4. The summed E-state index contributed by atoms with van der Waals surface area (Å²) in [4.78, 5) is 21.8. The normalized spacial score (nSPS) is 13.7. The summed E-state index contributed by atoms with van der Waals surface area (Å²) in [5.41, 5.74) is 2.97. The zero-order valence-electron chi connectivity index (χ0n) is 20.9. The molecule has 0 saturated heterocycles. The molecule has 8 heteroatoms. The van der Waals surface area contributed by atoms with E-state index in [-0.39, 0.29) is 0 Å². The van der Waals surface area contributed by atoms with Crippen molar-refractivity contribution in [3.8, 4) is 17.0 Å². The van der Waals surface area contributed by atoms with E-state index in [1.807, 2.05) is 65.9 Å². The third-order valence-corrected chi connectivity index (χ3v) is 5.00. The fourth-order valence-electron chi connectivity index (χ4n) is 3.90. The molecule has 178 valence electrons. The van der Waals surface area contributed by atoms with Gasteiger partial charge in [0.2, 0.25) is 0 Å². The lowest BCUT2D eigenvalue weighted by Crippen LogP contribution is -2.52. The van der Waals surface area contributed by atoms with Crippen LogP contribution in [0.25, 0.3) is 16.9 Å². The fraction of sp³-hybridized carbons (Fsp3) is 0.520. The molecule has 3 aromatic heterocycles. The van der Waals surface area contributed by atoms with E-state index in [2.05, 4.69) is 29.2 Å². The number of hydrogen-bond acceptors (Lipinski definition) is 6. The number of aryl methyl sites for hydroxylation is 2. The van der Waals surface area contributed by atoms with Crippen molar-refractivity contribution in [3.63, 3.8) is 0 Å². The van der Waals surface area contributed by atoms with Gasteiger partial charge in [0.15, 0.2) is 5.65 Å². The molecule has 0 fully saturated rings. The van der Waals surface area contributed by atoms with Gasteiger partial charge in [-0.25, -0.2) is 19.3 Å². The Hall–Kier alpha value is -3.16. The zero-order chi connectivity index (χ0) is 24.4. The number of ether oxygens (including phenoxy) is 2. The molecular weight excluding hydrogens is 418 g/mol. The van der Waals surface area contributed by atoms with Crippen LogP contribution in [0, 0.1) is 19.8 Å². The second-order valence-corrected chi connectivity index (χ2v) is 10.2. The second-order valence-electron chi connectivity index (χ2n) is 10.2. The number of rotatable bonds is 7. The van der Waals surface area contributed by atoms with Crippen LogP contribution in [0.5, 0.6) is 5.75 Å². The highest BCUT2D eigenvalue weighted by Crippen LogP contribution is 2.27. The van der Waals surface area contributed by atoms with Gasteiger partial charge in [-0.1, -0.05) is 13.8 Å². The first-order valence-electron chi connectivity index (χ1n) is 11.3. The first-order valence-corrected chi connectivity index (χ1v) is 11.3. The summed E-state index contributed by atoms with van der Waals surface area (Å²) in [6.07, 6.45) is 3.92. The number of fused-ring (bicyclic) bond motifs is 1. The lowest BCUT2D eigenvalue weighted by Gasteiger charge is -2.33. The lowest BCUT2D eigenvalue weighted by molar-refractivity contribution is 0.0407. The lowest BCUT2D eigenvalue weighted by atomic mass is 9.91. The second kappa shape index (κ2) is 9.37. The maximum atomic E-state index is 12.4. The number of hydrogen-bond donors (Lipinski definition) is 1. The minimum absolute atomic E-state index is 0.297. The average molecular weight is 454 g/mol. The van der Waals surface area contributed by atoms with Gasteiger partial charge in [0.1, 0.15) is 18.0 Å². The maximum Gasteiger partial charge on any atom is 0.408 e. The van der Waals surface area contributed by atoms with Crippen LogP contribution in [0.2, 0.25) is 0 Å². The van der Waals surface area contributed by atoms with Crippen LogP contribution < -0.4 is 10.1 Å². The summed E-state index contributed by atoms with van der Waals surface area (Å²) in [5.74, 6) is 1.03. The van der Waals surface area contributed by atoms with Gasteiger partial charge in [-0.15, -0.1) is 0 Å². The van der Waals surface area contributed by atoms with E-state index in [4.69, 9.17) is 14.5 Å². The Morgan fingerprint density at radius 3 is 2.48 bits per heavy atom. The third-order valence-electron chi connectivity index (χ3n) is 5.00. The van der Waals surface area contributed by atoms with E-state index in [0.29, 0.717) is 18.3 Å². The smallest absolute Gasteiger partial charge is 0.408 e. The van der Waals surface area contributed by atoms with Gasteiger partial charge in [-0.3, -0.25) is 0 Å². The molecular formula is C25H35N5O3. The summed E-state index contributed by atoms with van der Waals surface area (Å²) in [7, 11) is 0. The number of imidazole rings is 1. The molecule has 0 unspecified atom stereocenters. The minimum atomic E-state index is -0.591. The summed E-state index contributed by atoms with van der Waals surface area (Å²) in [5, 5.41) is 7.32. The van der Waals surface area contributed by atoms with Crippen molar-refractivity contribution < 1.29 is 14.3 Å². The standard InChI is InChI=1S/C25H35N5O3/c1-16(2)13-25(8,29-23(31)33-24(5,6)7)15-32-21-10-9-20(28-18(21)4)19-11-12-26-30-14-17(3)27-22(19)30/h9-12,14,16H,13,15H2,1-8H3,(H,29,31)/t25-/m0/s1. The van der Waals surface area contributed by atoms with Crippen molar-refractivity contribution in [2.75, 3.05) is 6.61 Å². The van der Waals surface area contributed by atoms with Crippen LogP contribution in [0.1, 0.15) is 59.4 Å². The van der Waals surface area contributed by atoms with Gasteiger partial charge in [0.05, 0.1) is 28.8 Å². The first kappa shape index (κ1) is 24.5. The monoisotopic (exact) mass is 453 g/mol. The largest absolute Gasteiger partial charge is 0.489 e. The molecule has 0 spiro atoms. The van der Waals surface area contributed by atoms with Gasteiger partial charge >= 0.3 is 6.09 Å². The minimum Gasteiger partial charge on any atom is -0.489 e. The van der Waals surface area contributed by atoms with Crippen LogP contribution in [-0.2, 0) is 4.74 Å². The number of aromatic nitrogens is 4. The Kier molecular flexibility index (Phi) is 6.95. The van der Waals surface area contributed by atoms with Gasteiger partial charge in [-0.05, 0) is 72.1 Å². The quantitative estimate of drug-likeness (QED) is 0.534. The summed E-state index contributed by atoms with van der Waals surface area (Å²) >= 11 is 0. The Balaban J connectivity index is 1.78. The Morgan fingerprint density at radius 2 is 1.85 bits per heavy atom. The highest BCUT2D eigenvalue weighted by Gasteiger charge is 2.31. The van der Waals surface area contributed by atoms with Crippen molar-refractivity contribution in [3.05, 3.63) is 42.0 Å². The molecule has 0 aliphatic carbocycles. The fourth-order valence-corrected chi connectivity index (χ4v) is 3.90. The van der Waals surface area contributed by atoms with E-state index in [0.717, 1.165) is 34.7 Å². The van der Waals surface area contributed by atoms with Gasteiger partial charge in [0.25, 0.3) is 0 Å². The van der Waals surface area contributed by atoms with E-state index in [1.165, 1.54) is 0 Å². The topological polar surface area (TPSA) is 90.6 Å². The molecule has 0 saturated carbocycles. The van der Waals surface area contributed by atoms with E-state index in [9.17, 15) is 4.79 Å². The first-order chi connectivity index (χ1) is 15.3. The third kappa shape index (κ3) is 6.43. The molecule has 3 rings (SSSR count). The molecule has 0 bridgehead atoms. The van der Waals surface area contributed by atoms with Crippen molar-refractivity contribution in [2.45, 2.75) is 73.0 Å². The zero-order valence-corrected chi connectivity index (χ0v) is 20.9. The number of pyridine rings is 1. The molecule has 1 N–H and O–H groups in total. The number of nitrogens with one attached hydrogen (secondary N) is 1. The van der Waals surface area contributed by atoms with E-state index < -0.39 is 17.2 Å². The average Bonchev–Trinajstić information content (AvgIpc) is 3.04. The predicted octanol–water partition coefficient (Wildman–Crippen LogP) is 5.12. The van der Waals surface area contributed by atoms with Crippen LogP contribution in [0.3, 0.4) is 0 Å². The predicted molar refractivity (Wildman–Crippen MR) is 128 cm³/mol. The molecule has 3 aromatic rings. The molecule has 0 radical (unpaired) electrons. The van der Waals surface area contributed by atoms with Gasteiger partial charge in [-0.2, -0.15) is 5.10 Å². The van der Waals surface area contributed by atoms with Gasteiger partial charge in [0, 0.05) is 11.8 Å². The summed E-state index contributed by atoms with van der Waals surface area (Å²) in [6, 6.07) is 5.74. The Bertz CT molecular complexity index is 1130. The Morgan fingerprint density at radius 1 is 1.12 bits per heavy atom. The van der Waals surface area contributed by atoms with Crippen molar-refractivity contribution >= 4 is 11.7 Å². The molecule has 1 atom stereocenters. The molecule has 0 aromatic carbocycles. The van der Waals surface area contributed by atoms with Crippen LogP contribution in [0.4, 0.5) is 4.79 Å². The number of carbonyl (C=O) groups excluding carboxylic acids is 1. The molecule has 3 heterocycles. The van der Waals surface area contributed by atoms with Crippen molar-refractivity contribution in [1.29, 1.82) is 0 Å². The van der Waals surface area contributed by atoms with Crippen molar-refractivity contribution in [2.24, 2.45) is 5.92 Å². The molecule has 0 aliphatic heterocycles. The number of nitrogens with zero attached hydrogens (tertiary/aromatic N) is 4. The number of carbonyl (C=O) groups is 1. The number of amides is 1. The van der Waals surface area contributed by atoms with Crippen LogP contribution >= 0.6 is 0 Å². The Labute approximate surface area is 195 Å². The van der Waals surface area contributed by atoms with Crippen LogP contribution in [-0.4, -0.2) is 43.4 Å². The van der Waals surface area contributed by atoms with Crippen LogP contribution in [0.15, 0.2) is 30.6 Å². The molecule has 8 nitrogen and oxygen atoms in total. The van der Waals surface area contributed by atoms with Crippen molar-refractivity contribution in [1.82, 2.24) is 24.9 Å². The molecule has 33 heavy (non-hydrogen) atoms. The highest BCUT2D eigenvalue weighted by atomic mass is 16.6. The number of alkyl carbamates (subject to hydrolysis) is 1.